The number of aliphatic carboxylic acids is 1. The van der Waals surface area contributed by atoms with Crippen molar-refractivity contribution in [3.8, 4) is 22.9 Å². The zero-order valence-electron chi connectivity index (χ0n) is 34.4. The molecule has 2 saturated carbocycles. The fourth-order valence-electron chi connectivity index (χ4n) is 7.43. The third-order valence-electron chi connectivity index (χ3n) is 11.0. The topological polar surface area (TPSA) is 201 Å². The Kier molecular flexibility index (Phi) is 12.1. The van der Waals surface area contributed by atoms with Gasteiger partial charge in [0.05, 0.1) is 30.9 Å². The van der Waals surface area contributed by atoms with Gasteiger partial charge in [0.15, 0.2) is 10.9 Å². The van der Waals surface area contributed by atoms with E-state index >= 15 is 0 Å². The van der Waals surface area contributed by atoms with Crippen LogP contribution in [0.15, 0.2) is 42.3 Å². The summed E-state index contributed by atoms with van der Waals surface area (Å²) in [4.78, 5) is 79.0. The number of thiazole rings is 1. The summed E-state index contributed by atoms with van der Waals surface area (Å²) in [5.41, 5.74) is -0.645. The maximum Gasteiger partial charge on any atom is 0.330 e. The lowest BCUT2D eigenvalue weighted by molar-refractivity contribution is -0.146. The molecule has 1 aromatic carbocycles. The van der Waals surface area contributed by atoms with Gasteiger partial charge in [-0.15, -0.1) is 17.9 Å². The zero-order chi connectivity index (χ0) is 42.3. The van der Waals surface area contributed by atoms with Crippen LogP contribution < -0.4 is 30.7 Å². The Morgan fingerprint density at radius 2 is 1.78 bits per heavy atom. The third kappa shape index (κ3) is 9.06. The number of carbonyl (C=O) groups excluding carboxylic acids is 4. The molecule has 15 nitrogen and oxygen atoms in total. The second-order valence-corrected chi connectivity index (χ2v) is 18.2. The lowest BCUT2D eigenvalue weighted by Gasteiger charge is -2.36. The van der Waals surface area contributed by atoms with Crippen LogP contribution in [0.1, 0.15) is 74.1 Å². The number of ketones is 1. The van der Waals surface area contributed by atoms with Gasteiger partial charge < -0.3 is 40.7 Å². The lowest BCUT2D eigenvalue weighted by Crippen LogP contribution is -2.61. The predicted molar refractivity (Wildman–Crippen MR) is 221 cm³/mol. The van der Waals surface area contributed by atoms with Crippen molar-refractivity contribution in [2.24, 2.45) is 23.2 Å². The summed E-state index contributed by atoms with van der Waals surface area (Å²) >= 11 is 1.45. The number of hydrogen-bond acceptors (Lipinski definition) is 11. The number of hydrogen-bond donors (Lipinski definition) is 5. The SMILES string of the molecule is C=CC1C[C@]1(NC(=O)[C@@H]1C[C@@H](Oc2cc(-c3csc(NC(C)C)n3)nc3cc(OC)ccc23)CN1C(=O)[C@@H](NC(=O)N[C@H](C(=O)C1CC1)C(C)C)C(C)(C)C)C(=O)O. The van der Waals surface area contributed by atoms with Crippen LogP contribution in [0.5, 0.6) is 11.5 Å². The molecule has 0 bridgehead atoms. The van der Waals surface area contributed by atoms with Crippen molar-refractivity contribution in [2.45, 2.75) is 110 Å². The highest BCUT2D eigenvalue weighted by Crippen LogP contribution is 2.45. The number of amides is 4. The standard InChI is InChI=1S/C42H55N7O8S/c1-10-24-18-42(24,38(53)54)48-36(51)31-16-26(19-49(31)37(52)35(41(6,7)8)47-39(55)46-33(21(2)3)34(50)23-11-12-23)57-32-17-29(30-20-58-40(45-30)43-22(4)5)44-28-15-25(56-9)13-14-27(28)32/h10,13-15,17,20-24,26,31,33,35H,1,11-12,16,18-19H2,2-9H3,(H,43,45)(H,48,51)(H,53,54)(H2,46,47,55)/t24?,26-,31+,33+,35-,42-/m1/s1. The molecule has 2 aromatic heterocycles. The van der Waals surface area contributed by atoms with Crippen molar-refractivity contribution in [2.75, 3.05) is 19.0 Å². The number of carboxylic acid groups (broad SMARTS) is 1. The van der Waals surface area contributed by atoms with Gasteiger partial charge in [0.1, 0.15) is 40.9 Å². The normalized spacial score (nSPS) is 22.6. The Bertz CT molecular complexity index is 2090. The maximum absolute atomic E-state index is 14.8. The minimum atomic E-state index is -1.54. The number of anilines is 1. The molecule has 3 heterocycles. The molecule has 1 unspecified atom stereocenters. The number of aromatic nitrogens is 2. The van der Waals surface area contributed by atoms with E-state index in [9.17, 15) is 29.1 Å². The molecule has 5 N–H and O–H groups in total. The first-order valence-electron chi connectivity index (χ1n) is 19.8. The fraction of sp³-hybridized carbons (Fsp3) is 0.548. The minimum Gasteiger partial charge on any atom is -0.497 e. The van der Waals surface area contributed by atoms with Crippen molar-refractivity contribution >= 4 is 57.0 Å². The predicted octanol–water partition coefficient (Wildman–Crippen LogP) is 5.40. The van der Waals surface area contributed by atoms with Crippen molar-refractivity contribution in [1.82, 2.24) is 30.8 Å². The van der Waals surface area contributed by atoms with Gasteiger partial charge in [0, 0.05) is 47.2 Å². The van der Waals surface area contributed by atoms with E-state index in [1.807, 2.05) is 39.1 Å². The first kappa shape index (κ1) is 42.4. The number of nitrogens with zero attached hydrogens (tertiary/aromatic N) is 3. The quantitative estimate of drug-likeness (QED) is 0.116. The highest BCUT2D eigenvalue weighted by atomic mass is 32.1. The molecule has 6 rings (SSSR count). The van der Waals surface area contributed by atoms with Crippen LogP contribution in [-0.4, -0.2) is 99.0 Å². The average Bonchev–Trinajstić information content (AvgIpc) is 4.04. The molecule has 3 aliphatic rings. The minimum absolute atomic E-state index is 0.0227. The van der Waals surface area contributed by atoms with E-state index in [2.05, 4.69) is 27.8 Å². The largest absolute Gasteiger partial charge is 0.497 e. The number of fused-ring (bicyclic) bond motifs is 1. The third-order valence-corrected chi connectivity index (χ3v) is 11.7. The number of likely N-dealkylation sites (tertiary alicyclic amines) is 1. The van der Waals surface area contributed by atoms with Crippen LogP contribution in [-0.2, 0) is 19.2 Å². The van der Waals surface area contributed by atoms with Gasteiger partial charge in [-0.25, -0.2) is 19.6 Å². The van der Waals surface area contributed by atoms with E-state index in [0.717, 1.165) is 18.0 Å². The van der Waals surface area contributed by atoms with Crippen LogP contribution in [0.25, 0.3) is 22.3 Å². The molecule has 4 amide bonds. The number of Topliss-reactive ketones (excluding diaryl/α,β-unsaturated/α-hetero) is 1. The van der Waals surface area contributed by atoms with E-state index in [1.54, 1.807) is 46.1 Å². The molecule has 1 aliphatic heterocycles. The number of rotatable bonds is 16. The number of nitrogens with one attached hydrogen (secondary N) is 4. The van der Waals surface area contributed by atoms with E-state index in [1.165, 1.54) is 22.3 Å². The molecular formula is C42H55N7O8S. The number of carboxylic acids is 1. The maximum atomic E-state index is 14.8. The summed E-state index contributed by atoms with van der Waals surface area (Å²) in [5, 5.41) is 25.1. The molecule has 0 spiro atoms. The van der Waals surface area contributed by atoms with E-state index < -0.39 is 64.9 Å². The summed E-state index contributed by atoms with van der Waals surface area (Å²) in [6.07, 6.45) is 2.54. The molecule has 1 saturated heterocycles. The summed E-state index contributed by atoms with van der Waals surface area (Å²) < 4.78 is 12.2. The van der Waals surface area contributed by atoms with Crippen molar-refractivity contribution in [3.63, 3.8) is 0 Å². The average molecular weight is 818 g/mol. The molecule has 3 fully saturated rings. The summed E-state index contributed by atoms with van der Waals surface area (Å²) in [7, 11) is 1.56. The number of methoxy groups -OCH3 is 1. The Hall–Kier alpha value is -5.25. The second-order valence-electron chi connectivity index (χ2n) is 17.3. The van der Waals surface area contributed by atoms with E-state index in [0.29, 0.717) is 33.8 Å². The highest BCUT2D eigenvalue weighted by Gasteiger charge is 2.61. The molecule has 16 heteroatoms. The molecule has 2 aliphatic carbocycles. The van der Waals surface area contributed by atoms with Crippen molar-refractivity contribution in [1.29, 1.82) is 0 Å². The van der Waals surface area contributed by atoms with Crippen LogP contribution >= 0.6 is 11.3 Å². The highest BCUT2D eigenvalue weighted by molar-refractivity contribution is 7.14. The number of pyridine rings is 1. The Balaban J connectivity index is 1.32. The number of benzene rings is 1. The molecule has 58 heavy (non-hydrogen) atoms. The number of urea groups is 1. The van der Waals surface area contributed by atoms with Gasteiger partial charge in [-0.3, -0.25) is 14.4 Å². The summed E-state index contributed by atoms with van der Waals surface area (Å²) in [5.74, 6) is -2.14. The number of carbonyl (C=O) groups is 5. The van der Waals surface area contributed by atoms with Crippen LogP contribution in [0.3, 0.4) is 0 Å². The number of ether oxygens (including phenoxy) is 2. The fourth-order valence-corrected chi connectivity index (χ4v) is 8.28. The van der Waals surface area contributed by atoms with Gasteiger partial charge in [-0.05, 0) is 56.6 Å². The lowest BCUT2D eigenvalue weighted by atomic mass is 9.85. The van der Waals surface area contributed by atoms with Crippen LogP contribution in [0, 0.1) is 23.2 Å². The Labute approximate surface area is 342 Å². The van der Waals surface area contributed by atoms with Gasteiger partial charge in [-0.2, -0.15) is 0 Å². The van der Waals surface area contributed by atoms with Crippen LogP contribution in [0.2, 0.25) is 0 Å². The summed E-state index contributed by atoms with van der Waals surface area (Å²) in [6, 6.07) is 3.66. The molecule has 6 atom stereocenters. The van der Waals surface area contributed by atoms with Crippen molar-refractivity contribution < 1.29 is 38.6 Å². The molecule has 3 aromatic rings. The van der Waals surface area contributed by atoms with E-state index in [-0.39, 0.29) is 43.0 Å². The molecule has 0 radical (unpaired) electrons. The summed E-state index contributed by atoms with van der Waals surface area (Å²) in [6.45, 7) is 16.8. The van der Waals surface area contributed by atoms with Crippen LogP contribution in [0.4, 0.5) is 9.93 Å². The molecule has 312 valence electrons. The van der Waals surface area contributed by atoms with Gasteiger partial charge in [0.2, 0.25) is 11.8 Å². The second kappa shape index (κ2) is 16.5. The van der Waals surface area contributed by atoms with Gasteiger partial charge in [0.25, 0.3) is 0 Å². The first-order chi connectivity index (χ1) is 27.3. The first-order valence-corrected chi connectivity index (χ1v) is 20.7. The Morgan fingerprint density at radius 3 is 2.36 bits per heavy atom. The Morgan fingerprint density at radius 1 is 1.05 bits per heavy atom. The smallest absolute Gasteiger partial charge is 0.330 e. The van der Waals surface area contributed by atoms with Gasteiger partial charge in [-0.1, -0.05) is 40.7 Å². The monoisotopic (exact) mass is 817 g/mol. The molecular weight excluding hydrogens is 763 g/mol. The van der Waals surface area contributed by atoms with E-state index in [4.69, 9.17) is 19.4 Å². The zero-order valence-corrected chi connectivity index (χ0v) is 35.2. The van der Waals surface area contributed by atoms with Crippen molar-refractivity contribution in [3.05, 3.63) is 42.3 Å². The van der Waals surface area contributed by atoms with Gasteiger partial charge >= 0.3 is 12.0 Å².